The third kappa shape index (κ3) is 3.52. The van der Waals surface area contributed by atoms with Gasteiger partial charge in [-0.05, 0) is 24.3 Å². The lowest BCUT2D eigenvalue weighted by atomic mass is 10.4. The largest absolute Gasteiger partial charge is 0.293 e. The van der Waals surface area contributed by atoms with Gasteiger partial charge >= 0.3 is 0 Å². The molecular formula is C10H14BrN3O3S. The summed E-state index contributed by atoms with van der Waals surface area (Å²) in [5, 5.41) is 0. The summed E-state index contributed by atoms with van der Waals surface area (Å²) in [6.45, 7) is 1.54. The van der Waals surface area contributed by atoms with Gasteiger partial charge in [0, 0.05) is 11.0 Å². The molecule has 0 saturated carbocycles. The second-order valence-corrected chi connectivity index (χ2v) is 6.31. The monoisotopic (exact) mass is 335 g/mol. The lowest BCUT2D eigenvalue weighted by Gasteiger charge is -2.19. The number of hydrogen-bond donors (Lipinski definition) is 2. The smallest absolute Gasteiger partial charge is 0.249 e. The Hall–Kier alpha value is -0.960. The number of halogens is 1. The van der Waals surface area contributed by atoms with Crippen LogP contribution in [0.5, 0.6) is 0 Å². The maximum absolute atomic E-state index is 12.2. The quantitative estimate of drug-likeness (QED) is 0.464. The molecule has 0 aliphatic rings. The van der Waals surface area contributed by atoms with Crippen molar-refractivity contribution < 1.29 is 13.2 Å². The second-order valence-electron chi connectivity index (χ2n) is 3.45. The number of hydrogen-bond acceptors (Lipinski definition) is 4. The molecule has 8 heteroatoms. The van der Waals surface area contributed by atoms with Gasteiger partial charge in [-0.1, -0.05) is 22.9 Å². The van der Waals surface area contributed by atoms with E-state index in [9.17, 15) is 13.2 Å². The molecule has 1 amide bonds. The van der Waals surface area contributed by atoms with Crippen LogP contribution in [0.25, 0.3) is 0 Å². The fourth-order valence-corrected chi connectivity index (χ4v) is 3.00. The van der Waals surface area contributed by atoms with Crippen LogP contribution in [0.1, 0.15) is 6.92 Å². The van der Waals surface area contributed by atoms with Gasteiger partial charge in [0.25, 0.3) is 0 Å². The zero-order valence-electron chi connectivity index (χ0n) is 9.76. The van der Waals surface area contributed by atoms with E-state index in [-0.39, 0.29) is 18.0 Å². The van der Waals surface area contributed by atoms with E-state index in [1.165, 1.54) is 12.1 Å². The van der Waals surface area contributed by atoms with Crippen molar-refractivity contribution >= 4 is 31.9 Å². The van der Waals surface area contributed by atoms with Crippen molar-refractivity contribution in [2.75, 3.05) is 13.1 Å². The molecule has 0 aromatic heterocycles. The van der Waals surface area contributed by atoms with Crippen LogP contribution >= 0.6 is 15.9 Å². The molecule has 0 aliphatic carbocycles. The van der Waals surface area contributed by atoms with Crippen LogP contribution in [-0.4, -0.2) is 31.7 Å². The van der Waals surface area contributed by atoms with E-state index in [0.717, 1.165) is 8.78 Å². The summed E-state index contributed by atoms with van der Waals surface area (Å²) >= 11 is 3.23. The number of likely N-dealkylation sites (N-methyl/N-ethyl adjacent to an activating group) is 1. The van der Waals surface area contributed by atoms with Crippen LogP contribution in [0.15, 0.2) is 33.6 Å². The summed E-state index contributed by atoms with van der Waals surface area (Å²) in [5.41, 5.74) is 1.91. The van der Waals surface area contributed by atoms with Gasteiger partial charge in [0.1, 0.15) is 0 Å². The molecule has 0 bridgehead atoms. The summed E-state index contributed by atoms with van der Waals surface area (Å²) in [6, 6.07) is 6.21. The standard InChI is InChI=1S/C10H14BrN3O3S/c1-2-14(7-10(15)13-12)18(16,17)9-5-3-8(11)4-6-9/h3-6H,2,7,12H2,1H3,(H,13,15). The Bertz CT molecular complexity index is 516. The number of hydrazine groups is 1. The number of sulfonamides is 1. The van der Waals surface area contributed by atoms with Gasteiger partial charge in [0.15, 0.2) is 0 Å². The van der Waals surface area contributed by atoms with Crippen molar-refractivity contribution in [1.29, 1.82) is 0 Å². The van der Waals surface area contributed by atoms with Gasteiger partial charge in [0.2, 0.25) is 15.9 Å². The fourth-order valence-electron chi connectivity index (χ4n) is 1.33. The van der Waals surface area contributed by atoms with Crippen molar-refractivity contribution in [3.8, 4) is 0 Å². The van der Waals surface area contributed by atoms with E-state index in [4.69, 9.17) is 5.84 Å². The van der Waals surface area contributed by atoms with Crippen LogP contribution in [0.3, 0.4) is 0 Å². The van der Waals surface area contributed by atoms with Crippen molar-refractivity contribution in [3.63, 3.8) is 0 Å². The van der Waals surface area contributed by atoms with Gasteiger partial charge in [0.05, 0.1) is 11.4 Å². The number of carbonyl (C=O) groups excluding carboxylic acids is 1. The first-order chi connectivity index (χ1) is 8.41. The van der Waals surface area contributed by atoms with E-state index >= 15 is 0 Å². The predicted octanol–water partition coefficient (Wildman–Crippen LogP) is 0.450. The van der Waals surface area contributed by atoms with Gasteiger partial charge in [-0.2, -0.15) is 4.31 Å². The molecule has 6 nitrogen and oxygen atoms in total. The zero-order valence-corrected chi connectivity index (χ0v) is 12.2. The SMILES string of the molecule is CCN(CC(=O)NN)S(=O)(=O)c1ccc(Br)cc1. The summed E-state index contributed by atoms with van der Waals surface area (Å²) in [6.07, 6.45) is 0. The molecule has 18 heavy (non-hydrogen) atoms. The number of amides is 1. The Kier molecular flexibility index (Phi) is 5.27. The summed E-state index contributed by atoms with van der Waals surface area (Å²) < 4.78 is 26.3. The molecule has 0 saturated heterocycles. The number of carbonyl (C=O) groups is 1. The first-order valence-corrected chi connectivity index (χ1v) is 7.40. The molecule has 3 N–H and O–H groups in total. The number of nitrogens with two attached hydrogens (primary N) is 1. The van der Waals surface area contributed by atoms with Crippen LogP contribution in [0, 0.1) is 0 Å². The number of nitrogens with one attached hydrogen (secondary N) is 1. The van der Waals surface area contributed by atoms with Crippen LogP contribution in [0.2, 0.25) is 0 Å². The van der Waals surface area contributed by atoms with Crippen LogP contribution in [0.4, 0.5) is 0 Å². The highest BCUT2D eigenvalue weighted by atomic mass is 79.9. The Morgan fingerprint density at radius 1 is 1.39 bits per heavy atom. The minimum Gasteiger partial charge on any atom is -0.293 e. The topological polar surface area (TPSA) is 92.5 Å². The molecule has 100 valence electrons. The molecule has 0 heterocycles. The Morgan fingerprint density at radius 3 is 2.39 bits per heavy atom. The minimum absolute atomic E-state index is 0.136. The van der Waals surface area contributed by atoms with Gasteiger partial charge in [-0.25, -0.2) is 14.3 Å². The molecule has 0 unspecified atom stereocenters. The third-order valence-corrected chi connectivity index (χ3v) is 4.75. The molecule has 1 rings (SSSR count). The summed E-state index contributed by atoms with van der Waals surface area (Å²) in [7, 11) is -3.68. The minimum atomic E-state index is -3.68. The molecule has 1 aromatic carbocycles. The van der Waals surface area contributed by atoms with Crippen LogP contribution in [-0.2, 0) is 14.8 Å². The van der Waals surface area contributed by atoms with E-state index in [1.807, 2.05) is 5.43 Å². The number of rotatable bonds is 5. The molecule has 0 atom stereocenters. The van der Waals surface area contributed by atoms with Gasteiger partial charge < -0.3 is 0 Å². The first kappa shape index (κ1) is 15.1. The highest BCUT2D eigenvalue weighted by molar-refractivity contribution is 9.10. The highest BCUT2D eigenvalue weighted by Gasteiger charge is 2.24. The molecule has 0 aliphatic heterocycles. The molecule has 1 aromatic rings. The molecule has 0 spiro atoms. The highest BCUT2D eigenvalue weighted by Crippen LogP contribution is 2.18. The van der Waals surface area contributed by atoms with Gasteiger partial charge in [-0.15, -0.1) is 0 Å². The Morgan fingerprint density at radius 2 is 1.94 bits per heavy atom. The summed E-state index contributed by atoms with van der Waals surface area (Å²) in [4.78, 5) is 11.3. The molecule has 0 radical (unpaired) electrons. The van der Waals surface area contributed by atoms with E-state index < -0.39 is 15.9 Å². The predicted molar refractivity (Wildman–Crippen MR) is 70.9 cm³/mol. The summed E-state index contributed by atoms with van der Waals surface area (Å²) in [5.74, 6) is 4.39. The lowest BCUT2D eigenvalue weighted by molar-refractivity contribution is -0.121. The van der Waals surface area contributed by atoms with Crippen molar-refractivity contribution in [3.05, 3.63) is 28.7 Å². The average Bonchev–Trinajstić information content (AvgIpc) is 2.35. The Labute approximate surface area is 114 Å². The van der Waals surface area contributed by atoms with E-state index in [1.54, 1.807) is 19.1 Å². The number of nitrogens with zero attached hydrogens (tertiary/aromatic N) is 1. The van der Waals surface area contributed by atoms with Gasteiger partial charge in [-0.3, -0.25) is 10.2 Å². The van der Waals surface area contributed by atoms with Crippen molar-refractivity contribution in [2.24, 2.45) is 5.84 Å². The number of benzene rings is 1. The third-order valence-electron chi connectivity index (χ3n) is 2.29. The normalized spacial score (nSPS) is 11.6. The Balaban J connectivity index is 3.03. The van der Waals surface area contributed by atoms with E-state index in [0.29, 0.717) is 0 Å². The first-order valence-electron chi connectivity index (χ1n) is 5.17. The zero-order chi connectivity index (χ0) is 13.8. The second kappa shape index (κ2) is 6.28. The lowest BCUT2D eigenvalue weighted by Crippen LogP contribution is -2.42. The average molecular weight is 336 g/mol. The van der Waals surface area contributed by atoms with Crippen LogP contribution < -0.4 is 11.3 Å². The maximum Gasteiger partial charge on any atom is 0.249 e. The van der Waals surface area contributed by atoms with E-state index in [2.05, 4.69) is 15.9 Å². The molecule has 0 fully saturated rings. The van der Waals surface area contributed by atoms with Crippen molar-refractivity contribution in [2.45, 2.75) is 11.8 Å². The van der Waals surface area contributed by atoms with Crippen molar-refractivity contribution in [1.82, 2.24) is 9.73 Å². The fraction of sp³-hybridized carbons (Fsp3) is 0.300. The molecular weight excluding hydrogens is 322 g/mol. The maximum atomic E-state index is 12.2.